The second kappa shape index (κ2) is 6.67. The molecule has 138 valence electrons. The Kier molecular flexibility index (Phi) is 4.49. The minimum Gasteiger partial charge on any atom is -0.342 e. The smallest absolute Gasteiger partial charge is 0.219 e. The molecule has 2 aromatic rings. The first kappa shape index (κ1) is 17.5. The molecule has 1 aromatic carbocycles. The third kappa shape index (κ3) is 3.01. The molecule has 0 bridgehead atoms. The van der Waals surface area contributed by atoms with E-state index in [1.165, 1.54) is 0 Å². The Labute approximate surface area is 158 Å². The average molecular weight is 374 g/mol. The summed E-state index contributed by atoms with van der Waals surface area (Å²) in [5.74, 6) is 2.15. The van der Waals surface area contributed by atoms with Crippen molar-refractivity contribution in [3.63, 3.8) is 0 Å². The van der Waals surface area contributed by atoms with Gasteiger partial charge in [0.05, 0.1) is 5.41 Å². The number of carbonyl (C=O) groups is 1. The summed E-state index contributed by atoms with van der Waals surface area (Å²) >= 11 is 6.34. The first-order chi connectivity index (χ1) is 12.5. The summed E-state index contributed by atoms with van der Waals surface area (Å²) in [6.45, 7) is 7.75. The lowest BCUT2D eigenvalue weighted by atomic mass is 9.72. The summed E-state index contributed by atoms with van der Waals surface area (Å²) in [7, 11) is 0. The SMILES string of the molecule is CC(=O)N1C[C@H]2CN(Cc3ccccc3Cl)CC[C@@]2(c2n[nH]c(C)n2)C1. The second-order valence-electron chi connectivity index (χ2n) is 7.57. The van der Waals surface area contributed by atoms with Crippen LogP contribution >= 0.6 is 11.6 Å². The molecule has 1 N–H and O–H groups in total. The lowest BCUT2D eigenvalue weighted by Gasteiger charge is -2.41. The van der Waals surface area contributed by atoms with Crippen LogP contribution in [-0.2, 0) is 16.8 Å². The van der Waals surface area contributed by atoms with Gasteiger partial charge in [0.15, 0.2) is 5.82 Å². The zero-order valence-electron chi connectivity index (χ0n) is 15.2. The van der Waals surface area contributed by atoms with E-state index in [4.69, 9.17) is 11.6 Å². The van der Waals surface area contributed by atoms with Crippen molar-refractivity contribution in [1.29, 1.82) is 0 Å². The molecular weight excluding hydrogens is 350 g/mol. The van der Waals surface area contributed by atoms with Gasteiger partial charge in [-0.3, -0.25) is 14.8 Å². The summed E-state index contributed by atoms with van der Waals surface area (Å²) in [5, 5.41) is 8.27. The number of rotatable bonds is 3. The van der Waals surface area contributed by atoms with E-state index in [2.05, 4.69) is 26.1 Å². The molecule has 3 heterocycles. The molecule has 26 heavy (non-hydrogen) atoms. The van der Waals surface area contributed by atoms with Crippen molar-refractivity contribution in [1.82, 2.24) is 25.0 Å². The summed E-state index contributed by atoms with van der Waals surface area (Å²) in [6.07, 6.45) is 0.948. The molecule has 2 saturated heterocycles. The summed E-state index contributed by atoms with van der Waals surface area (Å²) in [4.78, 5) is 21.1. The van der Waals surface area contributed by atoms with Crippen LogP contribution < -0.4 is 0 Å². The average Bonchev–Trinajstić information content (AvgIpc) is 3.21. The second-order valence-corrected chi connectivity index (χ2v) is 7.98. The van der Waals surface area contributed by atoms with Gasteiger partial charge in [-0.25, -0.2) is 4.98 Å². The summed E-state index contributed by atoms with van der Waals surface area (Å²) in [5.41, 5.74) is 1.00. The van der Waals surface area contributed by atoms with E-state index in [1.807, 2.05) is 30.0 Å². The Bertz CT molecular complexity index is 822. The van der Waals surface area contributed by atoms with Crippen LogP contribution in [0.2, 0.25) is 5.02 Å². The van der Waals surface area contributed by atoms with Gasteiger partial charge in [0, 0.05) is 44.0 Å². The van der Waals surface area contributed by atoms with Gasteiger partial charge in [-0.05, 0) is 31.5 Å². The molecule has 2 atom stereocenters. The molecule has 0 radical (unpaired) electrons. The number of carbonyl (C=O) groups excluding carboxylic acids is 1. The van der Waals surface area contributed by atoms with Crippen LogP contribution in [-0.4, -0.2) is 57.1 Å². The number of hydrogen-bond donors (Lipinski definition) is 1. The molecule has 1 aromatic heterocycles. The third-order valence-corrected chi connectivity index (χ3v) is 6.26. The third-order valence-electron chi connectivity index (χ3n) is 5.89. The molecule has 0 saturated carbocycles. The minimum absolute atomic E-state index is 0.128. The normalized spacial score (nSPS) is 26.1. The number of amides is 1. The first-order valence-corrected chi connectivity index (χ1v) is 9.46. The van der Waals surface area contributed by atoms with Gasteiger partial charge >= 0.3 is 0 Å². The number of likely N-dealkylation sites (tertiary alicyclic amines) is 2. The summed E-state index contributed by atoms with van der Waals surface area (Å²) < 4.78 is 0. The number of halogens is 1. The molecule has 6 nitrogen and oxygen atoms in total. The fourth-order valence-electron chi connectivity index (χ4n) is 4.43. The zero-order valence-corrected chi connectivity index (χ0v) is 16.0. The molecule has 2 fully saturated rings. The number of aromatic nitrogens is 3. The number of nitrogens with one attached hydrogen (secondary N) is 1. The lowest BCUT2D eigenvalue weighted by Crippen LogP contribution is -2.49. The quantitative estimate of drug-likeness (QED) is 0.897. The highest BCUT2D eigenvalue weighted by Crippen LogP contribution is 2.44. The van der Waals surface area contributed by atoms with E-state index in [0.717, 1.165) is 54.8 Å². The maximum atomic E-state index is 12.0. The molecule has 2 aliphatic rings. The number of aromatic amines is 1. The van der Waals surface area contributed by atoms with E-state index >= 15 is 0 Å². The Morgan fingerprint density at radius 3 is 2.88 bits per heavy atom. The largest absolute Gasteiger partial charge is 0.342 e. The van der Waals surface area contributed by atoms with Crippen LogP contribution in [0.1, 0.15) is 30.6 Å². The summed E-state index contributed by atoms with van der Waals surface area (Å²) in [6, 6.07) is 8.01. The minimum atomic E-state index is -0.145. The van der Waals surface area contributed by atoms with Crippen LogP contribution in [0.15, 0.2) is 24.3 Å². The lowest BCUT2D eigenvalue weighted by molar-refractivity contribution is -0.128. The number of piperidine rings is 1. The zero-order chi connectivity index (χ0) is 18.3. The number of hydrogen-bond acceptors (Lipinski definition) is 4. The molecule has 7 heteroatoms. The number of fused-ring (bicyclic) bond motifs is 1. The van der Waals surface area contributed by atoms with E-state index in [1.54, 1.807) is 6.92 Å². The van der Waals surface area contributed by atoms with Gasteiger partial charge in [0.25, 0.3) is 0 Å². The van der Waals surface area contributed by atoms with Crippen molar-refractivity contribution in [2.45, 2.75) is 32.2 Å². The highest BCUT2D eigenvalue weighted by atomic mass is 35.5. The van der Waals surface area contributed by atoms with E-state index in [0.29, 0.717) is 12.5 Å². The van der Waals surface area contributed by atoms with Crippen molar-refractivity contribution in [2.24, 2.45) is 5.92 Å². The molecule has 4 rings (SSSR count). The van der Waals surface area contributed by atoms with E-state index < -0.39 is 0 Å². The van der Waals surface area contributed by atoms with Crippen LogP contribution in [0.5, 0.6) is 0 Å². The highest BCUT2D eigenvalue weighted by molar-refractivity contribution is 6.31. The first-order valence-electron chi connectivity index (χ1n) is 9.09. The maximum Gasteiger partial charge on any atom is 0.219 e. The fourth-order valence-corrected chi connectivity index (χ4v) is 4.63. The van der Waals surface area contributed by atoms with Gasteiger partial charge in [0.1, 0.15) is 5.82 Å². The number of benzene rings is 1. The Morgan fingerprint density at radius 1 is 1.38 bits per heavy atom. The van der Waals surface area contributed by atoms with Crippen LogP contribution in [0, 0.1) is 12.8 Å². The maximum absolute atomic E-state index is 12.0. The van der Waals surface area contributed by atoms with Crippen molar-refractivity contribution in [2.75, 3.05) is 26.2 Å². The number of nitrogens with zero attached hydrogens (tertiary/aromatic N) is 4. The van der Waals surface area contributed by atoms with Gasteiger partial charge < -0.3 is 4.90 Å². The monoisotopic (exact) mass is 373 g/mol. The van der Waals surface area contributed by atoms with Crippen LogP contribution in [0.3, 0.4) is 0 Å². The van der Waals surface area contributed by atoms with Crippen molar-refractivity contribution in [3.05, 3.63) is 46.5 Å². The predicted molar refractivity (Wildman–Crippen MR) is 99.9 cm³/mol. The van der Waals surface area contributed by atoms with Gasteiger partial charge in [-0.1, -0.05) is 29.8 Å². The van der Waals surface area contributed by atoms with Crippen LogP contribution in [0.4, 0.5) is 0 Å². The molecule has 1 amide bonds. The Hall–Kier alpha value is -1.92. The molecular formula is C19H24ClN5O. The molecule has 0 unspecified atom stereocenters. The number of H-pyrrole nitrogens is 1. The Balaban J connectivity index is 1.58. The highest BCUT2D eigenvalue weighted by Gasteiger charge is 2.53. The van der Waals surface area contributed by atoms with Gasteiger partial charge in [-0.2, -0.15) is 5.10 Å². The molecule has 2 aliphatic heterocycles. The van der Waals surface area contributed by atoms with Gasteiger partial charge in [-0.15, -0.1) is 0 Å². The Morgan fingerprint density at radius 2 is 2.19 bits per heavy atom. The van der Waals surface area contributed by atoms with Crippen molar-refractivity contribution in [3.8, 4) is 0 Å². The van der Waals surface area contributed by atoms with Crippen molar-refractivity contribution >= 4 is 17.5 Å². The molecule has 0 spiro atoms. The standard InChI is InChI=1S/C19H24ClN5O/c1-13-21-18(23-22-13)19-7-8-24(9-15-5-3-4-6-17(15)20)10-16(19)11-25(12-19)14(2)26/h3-6,16H,7-12H2,1-2H3,(H,21,22,23)/t16-,19-/m1/s1. The van der Waals surface area contributed by atoms with Crippen LogP contribution in [0.25, 0.3) is 0 Å². The van der Waals surface area contributed by atoms with E-state index in [9.17, 15) is 4.79 Å². The number of aryl methyl sites for hydroxylation is 1. The van der Waals surface area contributed by atoms with Crippen molar-refractivity contribution < 1.29 is 4.79 Å². The van der Waals surface area contributed by atoms with Gasteiger partial charge in [0.2, 0.25) is 5.91 Å². The van der Waals surface area contributed by atoms with E-state index in [-0.39, 0.29) is 11.3 Å². The molecule has 0 aliphatic carbocycles. The topological polar surface area (TPSA) is 65.1 Å². The predicted octanol–water partition coefficient (Wildman–Crippen LogP) is 2.39. The fraction of sp³-hybridized carbons (Fsp3) is 0.526.